The highest BCUT2D eigenvalue weighted by Gasteiger charge is 2.26. The van der Waals surface area contributed by atoms with E-state index in [9.17, 15) is 5.11 Å². The molecule has 0 saturated carbocycles. The second-order valence-electron chi connectivity index (χ2n) is 4.28. The summed E-state index contributed by atoms with van der Waals surface area (Å²) in [4.78, 5) is 0. The van der Waals surface area contributed by atoms with E-state index in [-0.39, 0.29) is 0 Å². The predicted molar refractivity (Wildman–Crippen MR) is 64.3 cm³/mol. The third kappa shape index (κ3) is 2.10. The fourth-order valence-electron chi connectivity index (χ4n) is 1.74. The van der Waals surface area contributed by atoms with Crippen LogP contribution in [-0.4, -0.2) is 18.7 Å². The zero-order valence-corrected chi connectivity index (χ0v) is 9.66. The van der Waals surface area contributed by atoms with Gasteiger partial charge in [-0.25, -0.2) is 0 Å². The van der Waals surface area contributed by atoms with Crippen LogP contribution in [0.15, 0.2) is 34.7 Å². The largest absolute Gasteiger partial charge is 0.458 e. The molecule has 0 aliphatic carbocycles. The van der Waals surface area contributed by atoms with Gasteiger partial charge in [0, 0.05) is 5.39 Å². The monoisotopic (exact) mass is 219 g/mol. The Kier molecular flexibility index (Phi) is 2.99. The van der Waals surface area contributed by atoms with Gasteiger partial charge in [-0.2, -0.15) is 0 Å². The van der Waals surface area contributed by atoms with Crippen molar-refractivity contribution < 1.29 is 9.52 Å². The average molecular weight is 219 g/mol. The van der Waals surface area contributed by atoms with Crippen LogP contribution in [0.4, 0.5) is 0 Å². The SMILES string of the molecule is CNCCC(C)(O)c1cc2ccccc2o1. The summed E-state index contributed by atoms with van der Waals surface area (Å²) in [5, 5.41) is 14.3. The van der Waals surface area contributed by atoms with Crippen molar-refractivity contribution in [3.05, 3.63) is 36.1 Å². The first kappa shape index (κ1) is 11.2. The summed E-state index contributed by atoms with van der Waals surface area (Å²) < 4.78 is 5.65. The summed E-state index contributed by atoms with van der Waals surface area (Å²) in [6, 6.07) is 9.69. The molecule has 1 unspecified atom stereocenters. The summed E-state index contributed by atoms with van der Waals surface area (Å²) in [5.74, 6) is 0.629. The lowest BCUT2D eigenvalue weighted by atomic mass is 9.99. The maximum Gasteiger partial charge on any atom is 0.136 e. The topological polar surface area (TPSA) is 45.4 Å². The molecule has 0 bridgehead atoms. The van der Waals surface area contributed by atoms with E-state index in [1.165, 1.54) is 0 Å². The highest BCUT2D eigenvalue weighted by molar-refractivity contribution is 5.77. The number of nitrogens with one attached hydrogen (secondary N) is 1. The number of aliphatic hydroxyl groups is 1. The Morgan fingerprint density at radius 3 is 2.81 bits per heavy atom. The Balaban J connectivity index is 2.31. The zero-order chi connectivity index (χ0) is 11.6. The maximum atomic E-state index is 10.3. The molecule has 0 aliphatic rings. The number of hydrogen-bond donors (Lipinski definition) is 2. The second-order valence-corrected chi connectivity index (χ2v) is 4.28. The molecular formula is C13H17NO2. The molecule has 1 aromatic carbocycles. The Labute approximate surface area is 95.1 Å². The van der Waals surface area contributed by atoms with E-state index < -0.39 is 5.60 Å². The van der Waals surface area contributed by atoms with Crippen molar-refractivity contribution >= 4 is 11.0 Å². The van der Waals surface area contributed by atoms with Gasteiger partial charge in [-0.15, -0.1) is 0 Å². The molecule has 0 amide bonds. The number of benzene rings is 1. The molecule has 0 saturated heterocycles. The molecule has 0 spiro atoms. The molecule has 1 aromatic heterocycles. The smallest absolute Gasteiger partial charge is 0.136 e. The molecular weight excluding hydrogens is 202 g/mol. The van der Waals surface area contributed by atoms with Crippen LogP contribution in [0.2, 0.25) is 0 Å². The van der Waals surface area contributed by atoms with Crippen LogP contribution in [0.1, 0.15) is 19.1 Å². The van der Waals surface area contributed by atoms with E-state index in [0.29, 0.717) is 12.2 Å². The Bertz CT molecular complexity index is 440. The minimum absolute atomic E-state index is 0.628. The van der Waals surface area contributed by atoms with Crippen LogP contribution in [0.25, 0.3) is 11.0 Å². The predicted octanol–water partition coefficient (Wildman–Crippen LogP) is 2.25. The number of hydrogen-bond acceptors (Lipinski definition) is 3. The lowest BCUT2D eigenvalue weighted by Crippen LogP contribution is -2.25. The standard InChI is InChI=1S/C13H17NO2/c1-13(15,7-8-14-2)12-9-10-5-3-4-6-11(10)16-12/h3-6,9,14-15H,7-8H2,1-2H3. The molecule has 0 radical (unpaired) electrons. The summed E-state index contributed by atoms with van der Waals surface area (Å²) in [6.45, 7) is 2.53. The first-order chi connectivity index (χ1) is 7.63. The molecule has 1 atom stereocenters. The third-order valence-corrected chi connectivity index (χ3v) is 2.82. The fraction of sp³-hybridized carbons (Fsp3) is 0.385. The molecule has 16 heavy (non-hydrogen) atoms. The molecule has 0 aliphatic heterocycles. The minimum Gasteiger partial charge on any atom is -0.458 e. The molecule has 0 fully saturated rings. The number of fused-ring (bicyclic) bond motifs is 1. The van der Waals surface area contributed by atoms with Crippen LogP contribution in [0.5, 0.6) is 0 Å². The molecule has 1 heterocycles. The third-order valence-electron chi connectivity index (χ3n) is 2.82. The van der Waals surface area contributed by atoms with Crippen molar-refractivity contribution in [2.75, 3.05) is 13.6 Å². The quantitative estimate of drug-likeness (QED) is 0.829. The summed E-state index contributed by atoms with van der Waals surface area (Å²) in [6.07, 6.45) is 0.628. The molecule has 3 nitrogen and oxygen atoms in total. The number of para-hydroxylation sites is 1. The van der Waals surface area contributed by atoms with Gasteiger partial charge < -0.3 is 14.8 Å². The van der Waals surface area contributed by atoms with Crippen LogP contribution in [0.3, 0.4) is 0 Å². The Hall–Kier alpha value is -1.32. The average Bonchev–Trinajstić information content (AvgIpc) is 2.71. The normalized spacial score (nSPS) is 15.2. The molecule has 2 N–H and O–H groups in total. The van der Waals surface area contributed by atoms with Crippen LogP contribution in [-0.2, 0) is 5.60 Å². The summed E-state index contributed by atoms with van der Waals surface area (Å²) in [5.41, 5.74) is -0.0931. The first-order valence-corrected chi connectivity index (χ1v) is 5.49. The molecule has 3 heteroatoms. The van der Waals surface area contributed by atoms with E-state index in [2.05, 4.69) is 5.32 Å². The van der Waals surface area contributed by atoms with Gasteiger partial charge >= 0.3 is 0 Å². The van der Waals surface area contributed by atoms with Crippen molar-refractivity contribution in [2.45, 2.75) is 18.9 Å². The summed E-state index contributed by atoms with van der Waals surface area (Å²) >= 11 is 0. The Morgan fingerprint density at radius 2 is 2.12 bits per heavy atom. The van der Waals surface area contributed by atoms with Crippen LogP contribution < -0.4 is 5.32 Å². The van der Waals surface area contributed by atoms with Crippen molar-refractivity contribution in [3.8, 4) is 0 Å². The van der Waals surface area contributed by atoms with Crippen molar-refractivity contribution in [3.63, 3.8) is 0 Å². The highest BCUT2D eigenvalue weighted by atomic mass is 16.4. The zero-order valence-electron chi connectivity index (χ0n) is 9.66. The minimum atomic E-state index is -0.915. The maximum absolute atomic E-state index is 10.3. The molecule has 2 rings (SSSR count). The van der Waals surface area contributed by atoms with Crippen LogP contribution >= 0.6 is 0 Å². The van der Waals surface area contributed by atoms with Gasteiger partial charge in [0.2, 0.25) is 0 Å². The van der Waals surface area contributed by atoms with Gasteiger partial charge in [-0.3, -0.25) is 0 Å². The van der Waals surface area contributed by atoms with Gasteiger partial charge in [0.1, 0.15) is 16.9 Å². The van der Waals surface area contributed by atoms with E-state index in [1.807, 2.05) is 37.4 Å². The summed E-state index contributed by atoms with van der Waals surface area (Å²) in [7, 11) is 1.87. The number of furan rings is 1. The second kappa shape index (κ2) is 4.28. The van der Waals surface area contributed by atoms with Gasteiger partial charge in [0.15, 0.2) is 0 Å². The number of rotatable bonds is 4. The van der Waals surface area contributed by atoms with Crippen LogP contribution in [0, 0.1) is 0 Å². The first-order valence-electron chi connectivity index (χ1n) is 5.49. The fourth-order valence-corrected chi connectivity index (χ4v) is 1.74. The van der Waals surface area contributed by atoms with Crippen molar-refractivity contribution in [1.82, 2.24) is 5.32 Å². The van der Waals surface area contributed by atoms with Gasteiger partial charge in [0.25, 0.3) is 0 Å². The van der Waals surface area contributed by atoms with E-state index >= 15 is 0 Å². The lowest BCUT2D eigenvalue weighted by molar-refractivity contribution is 0.0276. The van der Waals surface area contributed by atoms with E-state index in [4.69, 9.17) is 4.42 Å². The van der Waals surface area contributed by atoms with Gasteiger partial charge in [-0.1, -0.05) is 18.2 Å². The molecule has 2 aromatic rings. The Morgan fingerprint density at radius 1 is 1.38 bits per heavy atom. The van der Waals surface area contributed by atoms with Gasteiger partial charge in [-0.05, 0) is 39.1 Å². The highest BCUT2D eigenvalue weighted by Crippen LogP contribution is 2.29. The van der Waals surface area contributed by atoms with Crippen molar-refractivity contribution in [2.24, 2.45) is 0 Å². The molecule has 86 valence electrons. The van der Waals surface area contributed by atoms with Gasteiger partial charge in [0.05, 0.1) is 0 Å². The van der Waals surface area contributed by atoms with Crippen molar-refractivity contribution in [1.29, 1.82) is 0 Å². The lowest BCUT2D eigenvalue weighted by Gasteiger charge is -2.20. The van der Waals surface area contributed by atoms with E-state index in [0.717, 1.165) is 17.5 Å². The van der Waals surface area contributed by atoms with E-state index in [1.54, 1.807) is 6.92 Å².